The third kappa shape index (κ3) is 4.89. The van der Waals surface area contributed by atoms with Crippen LogP contribution in [-0.4, -0.2) is 46.3 Å². The van der Waals surface area contributed by atoms with Crippen LogP contribution in [0, 0.1) is 11.8 Å². The first-order chi connectivity index (χ1) is 13.0. The number of likely N-dealkylation sites (tertiary alicyclic amines) is 1. The van der Waals surface area contributed by atoms with Crippen molar-refractivity contribution in [3.8, 4) is 0 Å². The summed E-state index contributed by atoms with van der Waals surface area (Å²) in [6, 6.07) is 8.50. The van der Waals surface area contributed by atoms with E-state index in [2.05, 4.69) is 24.3 Å². The fourth-order valence-corrected chi connectivity index (χ4v) is 4.82. The number of benzene rings is 1. The Morgan fingerprint density at radius 3 is 2.63 bits per heavy atom. The van der Waals surface area contributed by atoms with Gasteiger partial charge in [0, 0.05) is 25.6 Å². The van der Waals surface area contributed by atoms with Gasteiger partial charge in [0.05, 0.1) is 12.2 Å². The molecule has 5 nitrogen and oxygen atoms in total. The van der Waals surface area contributed by atoms with Crippen LogP contribution in [0.25, 0.3) is 0 Å². The van der Waals surface area contributed by atoms with Crippen LogP contribution in [0.15, 0.2) is 24.3 Å². The number of nitrogens with two attached hydrogens (primary N) is 1. The maximum absolute atomic E-state index is 13.0. The fourth-order valence-electron chi connectivity index (χ4n) is 4.82. The molecule has 2 fully saturated rings. The van der Waals surface area contributed by atoms with Gasteiger partial charge in [0.2, 0.25) is 5.91 Å². The maximum Gasteiger partial charge on any atom is 0.225 e. The molecule has 2 aliphatic rings. The molecule has 0 spiro atoms. The molecule has 1 aromatic rings. The second kappa shape index (κ2) is 9.18. The second-order valence-corrected chi connectivity index (χ2v) is 8.40. The molecule has 5 heteroatoms. The number of carbonyl (C=O) groups excluding carboxylic acids is 1. The summed E-state index contributed by atoms with van der Waals surface area (Å²) in [6.45, 7) is 3.79. The molecule has 1 amide bonds. The van der Waals surface area contributed by atoms with Crippen LogP contribution in [0.2, 0.25) is 0 Å². The van der Waals surface area contributed by atoms with Crippen LogP contribution in [0.5, 0.6) is 0 Å². The lowest BCUT2D eigenvalue weighted by molar-refractivity contribution is -0.139. The Bertz CT molecular complexity index is 626. The van der Waals surface area contributed by atoms with E-state index < -0.39 is 12.2 Å². The summed E-state index contributed by atoms with van der Waals surface area (Å²) in [5, 5.41) is 19.8. The Morgan fingerprint density at radius 1 is 1.22 bits per heavy atom. The minimum Gasteiger partial charge on any atom is -0.391 e. The van der Waals surface area contributed by atoms with Gasteiger partial charge in [-0.2, -0.15) is 0 Å². The number of nitrogens with zero attached hydrogens (tertiary/aromatic N) is 1. The zero-order valence-corrected chi connectivity index (χ0v) is 16.4. The topological polar surface area (TPSA) is 86.8 Å². The quantitative estimate of drug-likeness (QED) is 0.739. The second-order valence-electron chi connectivity index (χ2n) is 8.40. The molecule has 1 aliphatic heterocycles. The first-order valence-electron chi connectivity index (χ1n) is 10.4. The molecule has 4 unspecified atom stereocenters. The number of hydrogen-bond acceptors (Lipinski definition) is 4. The molecule has 0 radical (unpaired) electrons. The van der Waals surface area contributed by atoms with Crippen LogP contribution < -0.4 is 5.73 Å². The average Bonchev–Trinajstić information content (AvgIpc) is 2.72. The predicted molar refractivity (Wildman–Crippen MR) is 106 cm³/mol. The minimum absolute atomic E-state index is 0.00531. The average molecular weight is 375 g/mol. The normalized spacial score (nSPS) is 26.6. The van der Waals surface area contributed by atoms with E-state index >= 15 is 0 Å². The van der Waals surface area contributed by atoms with Gasteiger partial charge in [-0.15, -0.1) is 0 Å². The Morgan fingerprint density at radius 2 is 1.96 bits per heavy atom. The molecular formula is C22H34N2O3. The van der Waals surface area contributed by atoms with E-state index in [0.29, 0.717) is 18.9 Å². The fraction of sp³-hybridized carbons (Fsp3) is 0.682. The number of hydrogen-bond donors (Lipinski definition) is 3. The standard InChI is InChI=1S/C22H34N2O3/c1-15(25)21(26)19-6-3-7-20(13-19)22(27)24-10-8-17(9-11-24)18-5-2-4-16(12-18)14-23/h2,4-5,12,15,17,19-21,25-26H,3,6-11,13-14,23H2,1H3. The van der Waals surface area contributed by atoms with Gasteiger partial charge in [-0.1, -0.05) is 30.7 Å². The summed E-state index contributed by atoms with van der Waals surface area (Å²) >= 11 is 0. The Hall–Kier alpha value is -1.43. The van der Waals surface area contributed by atoms with Crippen LogP contribution >= 0.6 is 0 Å². The van der Waals surface area contributed by atoms with Crippen molar-refractivity contribution >= 4 is 5.91 Å². The van der Waals surface area contributed by atoms with E-state index in [4.69, 9.17) is 5.73 Å². The zero-order chi connectivity index (χ0) is 19.4. The molecule has 3 rings (SSSR count). The lowest BCUT2D eigenvalue weighted by Crippen LogP contribution is -2.44. The Kier molecular flexibility index (Phi) is 6.90. The number of carbonyl (C=O) groups is 1. The van der Waals surface area contributed by atoms with Crippen molar-refractivity contribution in [1.82, 2.24) is 4.90 Å². The van der Waals surface area contributed by atoms with Crippen LogP contribution in [0.3, 0.4) is 0 Å². The van der Waals surface area contributed by atoms with E-state index in [1.807, 2.05) is 4.90 Å². The molecule has 1 aliphatic carbocycles. The van der Waals surface area contributed by atoms with Crippen molar-refractivity contribution < 1.29 is 15.0 Å². The first-order valence-corrected chi connectivity index (χ1v) is 10.4. The molecular weight excluding hydrogens is 340 g/mol. The largest absolute Gasteiger partial charge is 0.391 e. The first kappa shape index (κ1) is 20.3. The smallest absolute Gasteiger partial charge is 0.225 e. The van der Waals surface area contributed by atoms with Crippen molar-refractivity contribution in [2.24, 2.45) is 17.6 Å². The van der Waals surface area contributed by atoms with Crippen molar-refractivity contribution in [3.63, 3.8) is 0 Å². The number of piperidine rings is 1. The summed E-state index contributed by atoms with van der Waals surface area (Å²) in [6.07, 6.45) is 3.98. The molecule has 4 N–H and O–H groups in total. The molecule has 27 heavy (non-hydrogen) atoms. The lowest BCUT2D eigenvalue weighted by atomic mass is 9.76. The van der Waals surface area contributed by atoms with Crippen LogP contribution in [0.4, 0.5) is 0 Å². The van der Waals surface area contributed by atoms with Gasteiger partial charge in [0.15, 0.2) is 0 Å². The summed E-state index contributed by atoms with van der Waals surface area (Å²) in [4.78, 5) is 15.0. The van der Waals surface area contributed by atoms with Crippen molar-refractivity contribution in [1.29, 1.82) is 0 Å². The molecule has 1 saturated heterocycles. The minimum atomic E-state index is -0.733. The van der Waals surface area contributed by atoms with Gasteiger partial charge in [0.25, 0.3) is 0 Å². The number of rotatable bonds is 5. The molecule has 1 aromatic carbocycles. The van der Waals surface area contributed by atoms with Gasteiger partial charge in [-0.25, -0.2) is 0 Å². The summed E-state index contributed by atoms with van der Waals surface area (Å²) in [5.74, 6) is 0.766. The summed E-state index contributed by atoms with van der Waals surface area (Å²) < 4.78 is 0. The van der Waals surface area contributed by atoms with E-state index in [1.54, 1.807) is 6.92 Å². The van der Waals surface area contributed by atoms with E-state index in [-0.39, 0.29) is 17.7 Å². The van der Waals surface area contributed by atoms with Crippen LogP contribution in [-0.2, 0) is 11.3 Å². The Labute approximate surface area is 162 Å². The van der Waals surface area contributed by atoms with Gasteiger partial charge in [-0.3, -0.25) is 4.79 Å². The van der Waals surface area contributed by atoms with Gasteiger partial charge in [0.1, 0.15) is 0 Å². The van der Waals surface area contributed by atoms with Crippen LogP contribution in [0.1, 0.15) is 62.5 Å². The molecule has 1 heterocycles. The highest BCUT2D eigenvalue weighted by Crippen LogP contribution is 2.35. The summed E-state index contributed by atoms with van der Waals surface area (Å²) in [7, 11) is 0. The third-order valence-electron chi connectivity index (χ3n) is 6.51. The molecule has 4 atom stereocenters. The predicted octanol–water partition coefficient (Wildman–Crippen LogP) is 2.40. The molecule has 0 bridgehead atoms. The Balaban J connectivity index is 1.55. The van der Waals surface area contributed by atoms with E-state index in [0.717, 1.165) is 50.8 Å². The van der Waals surface area contributed by atoms with Crippen molar-refractivity contribution in [3.05, 3.63) is 35.4 Å². The van der Waals surface area contributed by atoms with E-state index in [1.165, 1.54) is 5.56 Å². The lowest BCUT2D eigenvalue weighted by Gasteiger charge is -2.38. The van der Waals surface area contributed by atoms with Gasteiger partial charge in [-0.05, 0) is 62.0 Å². The number of aliphatic hydroxyl groups excluding tert-OH is 2. The molecule has 0 aromatic heterocycles. The van der Waals surface area contributed by atoms with Crippen molar-refractivity contribution in [2.45, 2.75) is 70.1 Å². The highest BCUT2D eigenvalue weighted by Gasteiger charge is 2.35. The zero-order valence-electron chi connectivity index (χ0n) is 16.4. The van der Waals surface area contributed by atoms with Crippen molar-refractivity contribution in [2.75, 3.05) is 13.1 Å². The SMILES string of the molecule is CC(O)C(O)C1CCCC(C(=O)N2CCC(c3cccc(CN)c3)CC2)C1. The summed E-state index contributed by atoms with van der Waals surface area (Å²) in [5.41, 5.74) is 8.26. The van der Waals surface area contributed by atoms with Gasteiger partial charge >= 0.3 is 0 Å². The maximum atomic E-state index is 13.0. The molecule has 150 valence electrons. The molecule has 1 saturated carbocycles. The highest BCUT2D eigenvalue weighted by atomic mass is 16.3. The highest BCUT2D eigenvalue weighted by molar-refractivity contribution is 5.79. The number of amides is 1. The monoisotopic (exact) mass is 374 g/mol. The van der Waals surface area contributed by atoms with E-state index in [9.17, 15) is 15.0 Å². The third-order valence-corrected chi connectivity index (χ3v) is 6.51. The van der Waals surface area contributed by atoms with Gasteiger partial charge < -0.3 is 20.8 Å². The number of aliphatic hydroxyl groups is 2.